The molecular formula is C20H29N3O2. The number of furan rings is 1. The Morgan fingerprint density at radius 3 is 2.68 bits per heavy atom. The molecule has 1 atom stereocenters. The fourth-order valence-corrected chi connectivity index (χ4v) is 2.61. The second kappa shape index (κ2) is 11.3. The molecule has 1 aromatic carbocycles. The van der Waals surface area contributed by atoms with E-state index in [0.717, 1.165) is 37.7 Å². The zero-order chi connectivity index (χ0) is 17.7. The predicted octanol–water partition coefficient (Wildman–Crippen LogP) is 3.55. The van der Waals surface area contributed by atoms with Crippen LogP contribution in [0.15, 0.2) is 58.1 Å². The number of hydrogen-bond donors (Lipinski definition) is 2. The van der Waals surface area contributed by atoms with Crippen molar-refractivity contribution in [1.29, 1.82) is 0 Å². The van der Waals surface area contributed by atoms with Gasteiger partial charge in [0.25, 0.3) is 0 Å². The van der Waals surface area contributed by atoms with Crippen molar-refractivity contribution in [3.05, 3.63) is 60.1 Å². The summed E-state index contributed by atoms with van der Waals surface area (Å²) >= 11 is 0. The number of nitrogens with one attached hydrogen (secondary N) is 2. The van der Waals surface area contributed by atoms with E-state index >= 15 is 0 Å². The summed E-state index contributed by atoms with van der Waals surface area (Å²) in [6.45, 7) is 5.11. The molecule has 0 bridgehead atoms. The van der Waals surface area contributed by atoms with Crippen molar-refractivity contribution < 1.29 is 9.15 Å². The van der Waals surface area contributed by atoms with Gasteiger partial charge in [-0.2, -0.15) is 0 Å². The molecule has 0 radical (unpaired) electrons. The van der Waals surface area contributed by atoms with Crippen LogP contribution >= 0.6 is 0 Å². The van der Waals surface area contributed by atoms with Gasteiger partial charge in [0.1, 0.15) is 12.4 Å². The minimum absolute atomic E-state index is 0.483. The molecule has 136 valence electrons. The summed E-state index contributed by atoms with van der Waals surface area (Å²) in [7, 11) is 1.80. The van der Waals surface area contributed by atoms with Crippen LogP contribution in [0.25, 0.3) is 0 Å². The van der Waals surface area contributed by atoms with Crippen molar-refractivity contribution in [2.24, 2.45) is 4.99 Å². The third kappa shape index (κ3) is 7.01. The van der Waals surface area contributed by atoms with Crippen LogP contribution in [0.4, 0.5) is 0 Å². The highest BCUT2D eigenvalue weighted by Gasteiger charge is 2.09. The Labute approximate surface area is 150 Å². The van der Waals surface area contributed by atoms with Crippen LogP contribution in [-0.2, 0) is 11.3 Å². The second-order valence-corrected chi connectivity index (χ2v) is 5.88. The molecule has 0 amide bonds. The average Bonchev–Trinajstić information content (AvgIpc) is 3.17. The summed E-state index contributed by atoms with van der Waals surface area (Å²) in [5.41, 5.74) is 1.36. The molecule has 0 fully saturated rings. The van der Waals surface area contributed by atoms with Gasteiger partial charge < -0.3 is 19.8 Å². The molecule has 0 aliphatic carbocycles. The van der Waals surface area contributed by atoms with Crippen molar-refractivity contribution in [3.63, 3.8) is 0 Å². The maximum absolute atomic E-state index is 5.57. The van der Waals surface area contributed by atoms with Gasteiger partial charge >= 0.3 is 0 Å². The van der Waals surface area contributed by atoms with Gasteiger partial charge in [-0.25, -0.2) is 0 Å². The normalized spacial score (nSPS) is 12.8. The maximum Gasteiger partial charge on any atom is 0.190 e. The smallest absolute Gasteiger partial charge is 0.190 e. The van der Waals surface area contributed by atoms with Gasteiger partial charge in [-0.3, -0.25) is 4.99 Å². The Morgan fingerprint density at radius 2 is 2.00 bits per heavy atom. The quantitative estimate of drug-likeness (QED) is 0.393. The first-order valence-corrected chi connectivity index (χ1v) is 8.93. The molecule has 5 nitrogen and oxygen atoms in total. The fourth-order valence-electron chi connectivity index (χ4n) is 2.61. The van der Waals surface area contributed by atoms with Gasteiger partial charge in [0.2, 0.25) is 0 Å². The number of aliphatic imine (C=N–C) groups is 1. The van der Waals surface area contributed by atoms with Gasteiger partial charge in [-0.05, 0) is 30.5 Å². The molecule has 0 spiro atoms. The first-order valence-electron chi connectivity index (χ1n) is 8.93. The zero-order valence-electron chi connectivity index (χ0n) is 15.2. The molecule has 2 N–H and O–H groups in total. The van der Waals surface area contributed by atoms with E-state index in [1.807, 2.05) is 12.1 Å². The lowest BCUT2D eigenvalue weighted by Crippen LogP contribution is -2.40. The fraction of sp³-hybridized carbons (Fsp3) is 0.450. The molecular weight excluding hydrogens is 314 g/mol. The molecule has 0 saturated heterocycles. The van der Waals surface area contributed by atoms with E-state index in [1.54, 1.807) is 13.3 Å². The monoisotopic (exact) mass is 343 g/mol. The van der Waals surface area contributed by atoms with Crippen molar-refractivity contribution in [3.8, 4) is 0 Å². The van der Waals surface area contributed by atoms with E-state index in [0.29, 0.717) is 19.1 Å². The molecule has 25 heavy (non-hydrogen) atoms. The molecule has 5 heteroatoms. The summed E-state index contributed by atoms with van der Waals surface area (Å²) in [5.74, 6) is 2.17. The lowest BCUT2D eigenvalue weighted by atomic mass is 9.97. The predicted molar refractivity (Wildman–Crippen MR) is 102 cm³/mol. The highest BCUT2D eigenvalue weighted by molar-refractivity contribution is 5.79. The summed E-state index contributed by atoms with van der Waals surface area (Å²) < 4.78 is 10.8. The van der Waals surface area contributed by atoms with Crippen LogP contribution in [0.2, 0.25) is 0 Å². The van der Waals surface area contributed by atoms with Crippen molar-refractivity contribution in [2.45, 2.75) is 32.3 Å². The lowest BCUT2D eigenvalue weighted by Gasteiger charge is -2.18. The molecule has 1 aromatic heterocycles. The molecule has 1 unspecified atom stereocenters. The first-order chi connectivity index (χ1) is 12.3. The summed E-state index contributed by atoms with van der Waals surface area (Å²) in [4.78, 5) is 4.29. The van der Waals surface area contributed by atoms with Gasteiger partial charge in [0.05, 0.1) is 6.26 Å². The van der Waals surface area contributed by atoms with E-state index in [2.05, 4.69) is 52.9 Å². The number of ether oxygens (including phenoxy) is 1. The van der Waals surface area contributed by atoms with Gasteiger partial charge in [-0.1, -0.05) is 37.3 Å². The van der Waals surface area contributed by atoms with E-state index in [9.17, 15) is 0 Å². The van der Waals surface area contributed by atoms with Crippen molar-refractivity contribution >= 4 is 5.96 Å². The second-order valence-electron chi connectivity index (χ2n) is 5.88. The van der Waals surface area contributed by atoms with Crippen LogP contribution in [0, 0.1) is 0 Å². The molecule has 2 rings (SSSR count). The molecule has 2 aromatic rings. The van der Waals surface area contributed by atoms with E-state index in [4.69, 9.17) is 9.15 Å². The van der Waals surface area contributed by atoms with Crippen molar-refractivity contribution in [1.82, 2.24) is 10.6 Å². The van der Waals surface area contributed by atoms with Crippen LogP contribution in [0.3, 0.4) is 0 Å². The Hall–Kier alpha value is -2.27. The van der Waals surface area contributed by atoms with Gasteiger partial charge in [0.15, 0.2) is 5.96 Å². The largest absolute Gasteiger partial charge is 0.467 e. The topological polar surface area (TPSA) is 58.8 Å². The number of nitrogens with zero attached hydrogens (tertiary/aromatic N) is 1. The third-order valence-corrected chi connectivity index (χ3v) is 4.09. The minimum atomic E-state index is 0.483. The number of hydrogen-bond acceptors (Lipinski definition) is 3. The minimum Gasteiger partial charge on any atom is -0.467 e. The molecule has 0 aliphatic rings. The summed E-state index contributed by atoms with van der Waals surface area (Å²) in [6, 6.07) is 14.4. The lowest BCUT2D eigenvalue weighted by molar-refractivity contribution is 0.105. The first kappa shape index (κ1) is 19.1. The van der Waals surface area contributed by atoms with E-state index < -0.39 is 0 Å². The number of rotatable bonds is 10. The van der Waals surface area contributed by atoms with Gasteiger partial charge in [0, 0.05) is 32.7 Å². The van der Waals surface area contributed by atoms with Crippen LogP contribution in [0.1, 0.15) is 37.0 Å². The summed E-state index contributed by atoms with van der Waals surface area (Å²) in [6.07, 6.45) is 3.67. The Balaban J connectivity index is 1.61. The SMILES string of the molecule is CCC(CNC(=NC)NCCCOCc1ccco1)c1ccccc1. The Morgan fingerprint density at radius 1 is 1.16 bits per heavy atom. The number of benzene rings is 1. The van der Waals surface area contributed by atoms with Crippen LogP contribution in [0.5, 0.6) is 0 Å². The van der Waals surface area contributed by atoms with Crippen LogP contribution < -0.4 is 10.6 Å². The molecule has 1 heterocycles. The molecule has 0 aliphatic heterocycles. The Bertz CT molecular complexity index is 597. The third-order valence-electron chi connectivity index (χ3n) is 4.09. The summed E-state index contributed by atoms with van der Waals surface area (Å²) in [5, 5.41) is 6.74. The van der Waals surface area contributed by atoms with Crippen LogP contribution in [-0.4, -0.2) is 32.7 Å². The van der Waals surface area contributed by atoms with Crippen molar-refractivity contribution in [2.75, 3.05) is 26.7 Å². The van der Waals surface area contributed by atoms with Gasteiger partial charge in [-0.15, -0.1) is 0 Å². The average molecular weight is 343 g/mol. The Kier molecular flexibility index (Phi) is 8.63. The zero-order valence-corrected chi connectivity index (χ0v) is 15.2. The standard InChI is InChI=1S/C20H29N3O2/c1-3-17(18-9-5-4-6-10-18)15-23-20(21-2)22-12-8-13-24-16-19-11-7-14-25-19/h4-7,9-11,14,17H,3,8,12-13,15-16H2,1-2H3,(H2,21,22,23). The van der Waals surface area contributed by atoms with E-state index in [-0.39, 0.29) is 0 Å². The highest BCUT2D eigenvalue weighted by atomic mass is 16.5. The van der Waals surface area contributed by atoms with E-state index in [1.165, 1.54) is 5.56 Å². The number of guanidine groups is 1. The molecule has 0 saturated carbocycles. The highest BCUT2D eigenvalue weighted by Crippen LogP contribution is 2.17. The maximum atomic E-state index is 5.57.